The number of hydrogen-bond donors (Lipinski definition) is 1. The first-order valence-corrected chi connectivity index (χ1v) is 8.13. The van der Waals surface area contributed by atoms with E-state index in [1.165, 1.54) is 11.3 Å². The van der Waals surface area contributed by atoms with Crippen LogP contribution in [0.5, 0.6) is 0 Å². The number of nitrogens with zero attached hydrogens (tertiary/aromatic N) is 2. The lowest BCUT2D eigenvalue weighted by molar-refractivity contribution is -0.123. The molecular formula is C15H21N3OS. The molecule has 1 heterocycles. The molecule has 0 bridgehead atoms. The minimum absolute atomic E-state index is 0.174. The van der Waals surface area contributed by atoms with E-state index >= 15 is 0 Å². The second-order valence-electron chi connectivity index (χ2n) is 5.79. The second-order valence-corrected chi connectivity index (χ2v) is 6.65. The molecule has 1 aliphatic carbocycles. The van der Waals surface area contributed by atoms with Gasteiger partial charge in [0.05, 0.1) is 11.8 Å². The first kappa shape index (κ1) is 15.0. The standard InChI is InChI=1S/C15H21N3OS/c1-11(2)12-9-20-14(17-12)18-13(19)15(10-16)7-5-3-4-6-8-15/h9,11H,3-8H2,1-2H3,(H,17,18,19). The van der Waals surface area contributed by atoms with Gasteiger partial charge >= 0.3 is 0 Å². The Kier molecular flexibility index (Phi) is 4.77. The van der Waals surface area contributed by atoms with E-state index in [9.17, 15) is 10.1 Å². The zero-order valence-corrected chi connectivity index (χ0v) is 12.9. The van der Waals surface area contributed by atoms with Crippen molar-refractivity contribution in [3.8, 4) is 6.07 Å². The molecule has 0 aliphatic heterocycles. The zero-order chi connectivity index (χ0) is 14.6. The number of thiazole rings is 1. The van der Waals surface area contributed by atoms with E-state index in [0.717, 1.165) is 31.4 Å². The van der Waals surface area contributed by atoms with Gasteiger partial charge in [-0.05, 0) is 18.8 Å². The molecule has 1 aliphatic rings. The van der Waals surface area contributed by atoms with Gasteiger partial charge in [0.25, 0.3) is 0 Å². The summed E-state index contributed by atoms with van der Waals surface area (Å²) >= 11 is 1.43. The Balaban J connectivity index is 2.10. The Hall–Kier alpha value is -1.41. The van der Waals surface area contributed by atoms with Crippen molar-refractivity contribution in [1.29, 1.82) is 5.26 Å². The maximum atomic E-state index is 12.5. The highest BCUT2D eigenvalue weighted by Crippen LogP contribution is 2.36. The van der Waals surface area contributed by atoms with Crippen LogP contribution < -0.4 is 5.32 Å². The first-order chi connectivity index (χ1) is 9.57. The van der Waals surface area contributed by atoms with Crippen molar-refractivity contribution in [1.82, 2.24) is 4.98 Å². The van der Waals surface area contributed by atoms with E-state index in [1.54, 1.807) is 0 Å². The fraction of sp³-hybridized carbons (Fsp3) is 0.667. The Morgan fingerprint density at radius 1 is 1.40 bits per heavy atom. The number of rotatable bonds is 3. The number of carbonyl (C=O) groups excluding carboxylic acids is 1. The minimum atomic E-state index is -0.861. The molecule has 4 nitrogen and oxygen atoms in total. The summed E-state index contributed by atoms with van der Waals surface area (Å²) in [5, 5.41) is 14.9. The monoisotopic (exact) mass is 291 g/mol. The topological polar surface area (TPSA) is 65.8 Å². The van der Waals surface area contributed by atoms with Crippen LogP contribution in [0, 0.1) is 16.7 Å². The molecular weight excluding hydrogens is 270 g/mol. The van der Waals surface area contributed by atoms with Crippen molar-refractivity contribution in [2.24, 2.45) is 5.41 Å². The van der Waals surface area contributed by atoms with Crippen LogP contribution in [0.1, 0.15) is 64.0 Å². The Labute approximate surface area is 124 Å². The summed E-state index contributed by atoms with van der Waals surface area (Å²) in [5.74, 6) is 0.172. The smallest absolute Gasteiger partial charge is 0.246 e. The molecule has 1 N–H and O–H groups in total. The molecule has 2 rings (SSSR count). The van der Waals surface area contributed by atoms with Gasteiger partial charge in [0.2, 0.25) is 5.91 Å². The third-order valence-electron chi connectivity index (χ3n) is 3.94. The van der Waals surface area contributed by atoms with Crippen LogP contribution >= 0.6 is 11.3 Å². The Bertz CT molecular complexity index is 507. The number of nitrogens with one attached hydrogen (secondary N) is 1. The predicted molar refractivity (Wildman–Crippen MR) is 80.6 cm³/mol. The van der Waals surface area contributed by atoms with E-state index < -0.39 is 5.41 Å². The summed E-state index contributed by atoms with van der Waals surface area (Å²) in [7, 11) is 0. The van der Waals surface area contributed by atoms with Crippen molar-refractivity contribution in [2.75, 3.05) is 5.32 Å². The molecule has 0 spiro atoms. The highest BCUT2D eigenvalue weighted by molar-refractivity contribution is 7.13. The van der Waals surface area contributed by atoms with Gasteiger partial charge in [0, 0.05) is 5.38 Å². The van der Waals surface area contributed by atoms with Crippen molar-refractivity contribution in [3.05, 3.63) is 11.1 Å². The Morgan fingerprint density at radius 3 is 2.55 bits per heavy atom. The number of anilines is 1. The van der Waals surface area contributed by atoms with E-state index in [4.69, 9.17) is 0 Å². The molecule has 108 valence electrons. The van der Waals surface area contributed by atoms with Gasteiger partial charge in [-0.2, -0.15) is 5.26 Å². The Morgan fingerprint density at radius 2 is 2.05 bits per heavy atom. The number of hydrogen-bond acceptors (Lipinski definition) is 4. The average molecular weight is 291 g/mol. The van der Waals surface area contributed by atoms with Gasteiger partial charge < -0.3 is 5.32 Å². The van der Waals surface area contributed by atoms with Crippen molar-refractivity contribution >= 4 is 22.4 Å². The first-order valence-electron chi connectivity index (χ1n) is 7.25. The predicted octanol–water partition coefficient (Wildman–Crippen LogP) is 4.07. The number of carbonyl (C=O) groups is 1. The highest BCUT2D eigenvalue weighted by Gasteiger charge is 2.39. The summed E-state index contributed by atoms with van der Waals surface area (Å²) in [5.41, 5.74) is 0.123. The van der Waals surface area contributed by atoms with Gasteiger partial charge in [0.1, 0.15) is 5.41 Å². The van der Waals surface area contributed by atoms with Crippen molar-refractivity contribution < 1.29 is 4.79 Å². The fourth-order valence-electron chi connectivity index (χ4n) is 2.55. The highest BCUT2D eigenvalue weighted by atomic mass is 32.1. The second kappa shape index (κ2) is 6.36. The third kappa shape index (κ3) is 3.18. The third-order valence-corrected chi connectivity index (χ3v) is 4.72. The summed E-state index contributed by atoms with van der Waals surface area (Å²) in [6, 6.07) is 2.27. The van der Waals surface area contributed by atoms with Crippen LogP contribution in [0.3, 0.4) is 0 Å². The lowest BCUT2D eigenvalue weighted by atomic mass is 9.81. The van der Waals surface area contributed by atoms with Gasteiger partial charge in [-0.15, -0.1) is 11.3 Å². The van der Waals surface area contributed by atoms with Crippen LogP contribution in [-0.2, 0) is 4.79 Å². The summed E-state index contributed by atoms with van der Waals surface area (Å²) in [4.78, 5) is 16.9. The van der Waals surface area contributed by atoms with Gasteiger partial charge in [0.15, 0.2) is 5.13 Å². The number of nitriles is 1. The van der Waals surface area contributed by atoms with Crippen LogP contribution in [0.25, 0.3) is 0 Å². The largest absolute Gasteiger partial charge is 0.301 e. The van der Waals surface area contributed by atoms with Crippen molar-refractivity contribution in [3.63, 3.8) is 0 Å². The molecule has 1 saturated carbocycles. The van der Waals surface area contributed by atoms with Gasteiger partial charge in [-0.25, -0.2) is 4.98 Å². The molecule has 1 aromatic rings. The molecule has 0 unspecified atom stereocenters. The molecule has 0 saturated heterocycles. The molecule has 20 heavy (non-hydrogen) atoms. The zero-order valence-electron chi connectivity index (χ0n) is 12.1. The van der Waals surface area contributed by atoms with Crippen LogP contribution in [0.15, 0.2) is 5.38 Å². The summed E-state index contributed by atoms with van der Waals surface area (Å²) in [6.07, 6.45) is 5.47. The number of amides is 1. The van der Waals surface area contributed by atoms with Gasteiger partial charge in [-0.3, -0.25) is 4.79 Å². The quantitative estimate of drug-likeness (QED) is 0.854. The lowest BCUT2D eigenvalue weighted by Gasteiger charge is -2.22. The fourth-order valence-corrected chi connectivity index (χ4v) is 3.41. The van der Waals surface area contributed by atoms with Gasteiger partial charge in [-0.1, -0.05) is 39.5 Å². The van der Waals surface area contributed by atoms with Crippen LogP contribution in [0.4, 0.5) is 5.13 Å². The minimum Gasteiger partial charge on any atom is -0.301 e. The summed E-state index contributed by atoms with van der Waals surface area (Å²) in [6.45, 7) is 4.14. The van der Waals surface area contributed by atoms with Crippen LogP contribution in [-0.4, -0.2) is 10.9 Å². The lowest BCUT2D eigenvalue weighted by Crippen LogP contribution is -2.34. The van der Waals surface area contributed by atoms with Crippen LogP contribution in [0.2, 0.25) is 0 Å². The number of aromatic nitrogens is 1. The normalized spacial score (nSPS) is 18.3. The average Bonchev–Trinajstić information content (AvgIpc) is 2.75. The SMILES string of the molecule is CC(C)c1csc(NC(=O)C2(C#N)CCCCCC2)n1. The molecule has 0 atom stereocenters. The van der Waals surface area contributed by atoms with E-state index in [2.05, 4.69) is 30.2 Å². The van der Waals surface area contributed by atoms with Crippen molar-refractivity contribution in [2.45, 2.75) is 58.3 Å². The maximum absolute atomic E-state index is 12.5. The van der Waals surface area contributed by atoms with E-state index in [0.29, 0.717) is 23.9 Å². The molecule has 0 aromatic carbocycles. The molecule has 1 fully saturated rings. The molecule has 1 aromatic heterocycles. The molecule has 0 radical (unpaired) electrons. The van der Waals surface area contributed by atoms with E-state index in [-0.39, 0.29) is 5.91 Å². The maximum Gasteiger partial charge on any atom is 0.246 e. The molecule has 5 heteroatoms. The summed E-state index contributed by atoms with van der Waals surface area (Å²) < 4.78 is 0. The van der Waals surface area contributed by atoms with E-state index in [1.807, 2.05) is 5.38 Å². The molecule has 1 amide bonds.